The zero-order valence-corrected chi connectivity index (χ0v) is 13.9. The molecular formula is C16H22BrNS. The van der Waals surface area contributed by atoms with E-state index >= 15 is 0 Å². The van der Waals surface area contributed by atoms with Gasteiger partial charge in [0.15, 0.2) is 0 Å². The first-order valence-electron chi connectivity index (χ1n) is 7.32. The summed E-state index contributed by atoms with van der Waals surface area (Å²) in [6.45, 7) is 1.21. The number of likely N-dealkylation sites (N-methyl/N-ethyl adjacent to an activating group) is 1. The second-order valence-corrected chi connectivity index (χ2v) is 8.09. The minimum absolute atomic E-state index is 0.690. The number of fused-ring (bicyclic) bond motifs is 1. The molecule has 19 heavy (non-hydrogen) atoms. The van der Waals surface area contributed by atoms with Crippen LogP contribution in [0.2, 0.25) is 0 Å². The molecule has 3 rings (SSSR count). The summed E-state index contributed by atoms with van der Waals surface area (Å²) in [4.78, 5) is 4.79. The molecule has 1 heterocycles. The Bertz CT molecular complexity index is 437. The minimum atomic E-state index is 0.690. The van der Waals surface area contributed by atoms with Gasteiger partial charge in [0.25, 0.3) is 0 Å². The molecule has 2 aliphatic rings. The molecule has 0 spiro atoms. The molecule has 1 nitrogen and oxygen atoms in total. The molecule has 3 heteroatoms. The normalized spacial score (nSPS) is 30.6. The Kier molecular flexibility index (Phi) is 4.55. The highest BCUT2D eigenvalue weighted by atomic mass is 79.9. The molecular weight excluding hydrogens is 318 g/mol. The van der Waals surface area contributed by atoms with Crippen LogP contribution in [0.5, 0.6) is 0 Å². The van der Waals surface area contributed by atoms with Crippen LogP contribution in [0.4, 0.5) is 0 Å². The molecule has 0 bridgehead atoms. The lowest BCUT2D eigenvalue weighted by molar-refractivity contribution is 0.193. The van der Waals surface area contributed by atoms with Gasteiger partial charge in [-0.15, -0.1) is 11.8 Å². The van der Waals surface area contributed by atoms with Gasteiger partial charge >= 0.3 is 0 Å². The molecule has 0 aromatic heterocycles. The lowest BCUT2D eigenvalue weighted by Crippen LogP contribution is -2.42. The second-order valence-electron chi connectivity index (χ2n) is 5.85. The van der Waals surface area contributed by atoms with Crippen LogP contribution in [0.25, 0.3) is 0 Å². The van der Waals surface area contributed by atoms with E-state index in [0.29, 0.717) is 10.7 Å². The van der Waals surface area contributed by atoms with Crippen LogP contribution in [-0.2, 0) is 0 Å². The van der Waals surface area contributed by atoms with Crippen molar-refractivity contribution in [3.63, 3.8) is 0 Å². The Labute approximate surface area is 129 Å². The van der Waals surface area contributed by atoms with E-state index in [-0.39, 0.29) is 0 Å². The standard InChI is InChI=1S/C16H22BrNS/c1-18(15-8-4-3-7-14(15)17)10-12-11-19-16-9-5-2-6-13(12)16/h2,5-6,9,12,14-15H,3-4,7-8,10-11H2,1H3. The maximum absolute atomic E-state index is 3.89. The van der Waals surface area contributed by atoms with Gasteiger partial charge in [-0.25, -0.2) is 0 Å². The number of rotatable bonds is 3. The van der Waals surface area contributed by atoms with Crippen LogP contribution in [-0.4, -0.2) is 35.1 Å². The van der Waals surface area contributed by atoms with Gasteiger partial charge in [-0.2, -0.15) is 0 Å². The molecule has 104 valence electrons. The van der Waals surface area contributed by atoms with Gasteiger partial charge in [0.2, 0.25) is 0 Å². The Morgan fingerprint density at radius 2 is 2.05 bits per heavy atom. The molecule has 3 atom stereocenters. The molecule has 0 N–H and O–H groups in total. The van der Waals surface area contributed by atoms with Crippen molar-refractivity contribution in [3.05, 3.63) is 29.8 Å². The number of hydrogen-bond donors (Lipinski definition) is 0. The summed E-state index contributed by atoms with van der Waals surface area (Å²) in [5, 5.41) is 0. The molecule has 1 aromatic rings. The Hall–Kier alpha value is 0.01000. The van der Waals surface area contributed by atoms with Gasteiger partial charge in [0.05, 0.1) is 0 Å². The fourth-order valence-corrected chi connectivity index (χ4v) is 5.66. The van der Waals surface area contributed by atoms with E-state index in [1.54, 1.807) is 5.56 Å². The van der Waals surface area contributed by atoms with Gasteiger partial charge in [0.1, 0.15) is 0 Å². The molecule has 1 aliphatic heterocycles. The topological polar surface area (TPSA) is 3.24 Å². The number of hydrogen-bond acceptors (Lipinski definition) is 2. The van der Waals surface area contributed by atoms with Crippen molar-refractivity contribution in [2.24, 2.45) is 0 Å². The Morgan fingerprint density at radius 1 is 1.26 bits per heavy atom. The van der Waals surface area contributed by atoms with Crippen LogP contribution < -0.4 is 0 Å². The van der Waals surface area contributed by atoms with Crippen molar-refractivity contribution >= 4 is 27.7 Å². The highest BCUT2D eigenvalue weighted by molar-refractivity contribution is 9.09. The average Bonchev–Trinajstić information content (AvgIpc) is 2.83. The van der Waals surface area contributed by atoms with Gasteiger partial charge in [-0.1, -0.05) is 47.0 Å². The molecule has 0 amide bonds. The fraction of sp³-hybridized carbons (Fsp3) is 0.625. The maximum Gasteiger partial charge on any atom is 0.0301 e. The van der Waals surface area contributed by atoms with Crippen LogP contribution in [0.15, 0.2) is 29.2 Å². The SMILES string of the molecule is CN(CC1CSc2ccccc21)C1CCCCC1Br. The average molecular weight is 340 g/mol. The second kappa shape index (κ2) is 6.19. The summed E-state index contributed by atoms with van der Waals surface area (Å²) in [6.07, 6.45) is 5.48. The van der Waals surface area contributed by atoms with Crippen molar-refractivity contribution in [1.29, 1.82) is 0 Å². The molecule has 0 radical (unpaired) electrons. The van der Waals surface area contributed by atoms with Crippen LogP contribution in [0, 0.1) is 0 Å². The minimum Gasteiger partial charge on any atom is -0.302 e. The predicted octanol–water partition coefficient (Wildman–Crippen LogP) is 4.51. The first-order chi connectivity index (χ1) is 9.25. The van der Waals surface area contributed by atoms with Gasteiger partial charge in [0, 0.05) is 34.0 Å². The first kappa shape index (κ1) is 14.0. The summed E-state index contributed by atoms with van der Waals surface area (Å²) >= 11 is 5.92. The van der Waals surface area contributed by atoms with E-state index in [9.17, 15) is 0 Å². The smallest absolute Gasteiger partial charge is 0.0301 e. The van der Waals surface area contributed by atoms with Gasteiger partial charge in [-0.3, -0.25) is 0 Å². The number of alkyl halides is 1. The number of benzene rings is 1. The molecule has 1 fully saturated rings. The van der Waals surface area contributed by atoms with E-state index in [1.165, 1.54) is 42.9 Å². The number of halogens is 1. The van der Waals surface area contributed by atoms with Crippen LogP contribution in [0.3, 0.4) is 0 Å². The van der Waals surface area contributed by atoms with E-state index in [0.717, 1.165) is 6.04 Å². The lowest BCUT2D eigenvalue weighted by Gasteiger charge is -2.36. The van der Waals surface area contributed by atoms with Gasteiger partial charge < -0.3 is 4.90 Å². The van der Waals surface area contributed by atoms with Crippen molar-refractivity contribution in [2.75, 3.05) is 19.3 Å². The molecule has 0 saturated heterocycles. The third-order valence-corrected chi connectivity index (χ3v) is 6.84. The zero-order valence-electron chi connectivity index (χ0n) is 11.5. The molecule has 3 unspecified atom stereocenters. The van der Waals surface area contributed by atoms with Gasteiger partial charge in [-0.05, 0) is 31.5 Å². The van der Waals surface area contributed by atoms with Crippen molar-refractivity contribution in [2.45, 2.75) is 47.4 Å². The number of nitrogens with zero attached hydrogens (tertiary/aromatic N) is 1. The van der Waals surface area contributed by atoms with Crippen LogP contribution >= 0.6 is 27.7 Å². The third-order valence-electron chi connectivity index (χ3n) is 4.52. The van der Waals surface area contributed by atoms with Crippen molar-refractivity contribution in [3.8, 4) is 0 Å². The summed E-state index contributed by atoms with van der Waals surface area (Å²) in [7, 11) is 2.32. The quantitative estimate of drug-likeness (QED) is 0.745. The van der Waals surface area contributed by atoms with E-state index in [2.05, 4.69) is 52.1 Å². The van der Waals surface area contributed by atoms with Crippen molar-refractivity contribution in [1.82, 2.24) is 4.90 Å². The van der Waals surface area contributed by atoms with E-state index in [4.69, 9.17) is 0 Å². The first-order valence-corrected chi connectivity index (χ1v) is 9.22. The lowest BCUT2D eigenvalue weighted by atomic mass is 9.93. The molecule has 1 saturated carbocycles. The van der Waals surface area contributed by atoms with Crippen LogP contribution in [0.1, 0.15) is 37.2 Å². The summed E-state index contributed by atoms with van der Waals surface area (Å²) in [5.74, 6) is 1.97. The summed E-state index contributed by atoms with van der Waals surface area (Å²) < 4.78 is 0. The molecule has 1 aliphatic carbocycles. The predicted molar refractivity (Wildman–Crippen MR) is 87.5 cm³/mol. The monoisotopic (exact) mass is 339 g/mol. The maximum atomic E-state index is 3.89. The largest absolute Gasteiger partial charge is 0.302 e. The third kappa shape index (κ3) is 3.03. The highest BCUT2D eigenvalue weighted by Crippen LogP contribution is 2.40. The van der Waals surface area contributed by atoms with E-state index < -0.39 is 0 Å². The highest BCUT2D eigenvalue weighted by Gasteiger charge is 2.30. The Balaban J connectivity index is 1.66. The van der Waals surface area contributed by atoms with Crippen molar-refractivity contribution < 1.29 is 0 Å². The fourth-order valence-electron chi connectivity index (χ4n) is 3.43. The van der Waals surface area contributed by atoms with E-state index in [1.807, 2.05) is 11.8 Å². The zero-order chi connectivity index (χ0) is 13.2. The number of thioether (sulfide) groups is 1. The summed E-state index contributed by atoms with van der Waals surface area (Å²) in [6, 6.07) is 9.67. The Morgan fingerprint density at radius 3 is 2.89 bits per heavy atom. The molecule has 1 aromatic carbocycles. The summed E-state index contributed by atoms with van der Waals surface area (Å²) in [5.41, 5.74) is 1.57.